The minimum Gasteiger partial charge on any atom is -0.432 e. The monoisotopic (exact) mass is 1130 g/mol. The van der Waals surface area contributed by atoms with Gasteiger partial charge in [0.15, 0.2) is 31.3 Å². The molecule has 27 nitrogen and oxygen atoms in total. The summed E-state index contributed by atoms with van der Waals surface area (Å²) in [6.45, 7) is 8.25. The highest BCUT2D eigenvalue weighted by Crippen LogP contribution is 2.69. The van der Waals surface area contributed by atoms with Crippen molar-refractivity contribution < 1.29 is 134 Å². The van der Waals surface area contributed by atoms with E-state index in [9.17, 15) is 86.5 Å². The Labute approximate surface area is 450 Å². The number of rotatable bonds is 16. The average Bonchev–Trinajstić information content (AvgIpc) is 3.49. The minimum absolute atomic E-state index is 0.0903. The van der Waals surface area contributed by atoms with Crippen molar-refractivity contribution in [3.05, 3.63) is 12.2 Å². The predicted octanol–water partition coefficient (Wildman–Crippen LogP) is -5.62. The summed E-state index contributed by atoms with van der Waals surface area (Å²) in [4.78, 5) is 14.9. The lowest BCUT2D eigenvalue weighted by atomic mass is 9.40. The molecule has 16 N–H and O–H groups in total. The molecular formula is C51H84O27. The fourth-order valence-corrected chi connectivity index (χ4v) is 14.4. The van der Waals surface area contributed by atoms with Crippen molar-refractivity contribution in [1.29, 1.82) is 0 Å². The lowest BCUT2D eigenvalue weighted by Crippen LogP contribution is -2.68. The van der Waals surface area contributed by atoms with E-state index in [1.165, 1.54) is 0 Å². The van der Waals surface area contributed by atoms with Gasteiger partial charge in [-0.15, -0.1) is 0 Å². The van der Waals surface area contributed by atoms with Crippen LogP contribution in [0.5, 0.6) is 0 Å². The molecule has 0 aromatic carbocycles. The van der Waals surface area contributed by atoms with E-state index in [0.29, 0.717) is 44.1 Å². The SMILES string of the molecule is C=C(C)[C@]1(OC2OC(CO)C(O)C(OC3OC(CO)C(O)C(O)C3O)C2OC2OC(CO)C(O)C(O)C2O)CC[C@@H]2[C@@](C)(CC[C@H]3[C@@]2(C)CCC[C@@]3(C)C(=O)OC2OC(CO)C(O)C(O)C2OC2OC(CO)C(O)CC2O)C1. The largest absolute Gasteiger partial charge is 0.432 e. The highest BCUT2D eigenvalue weighted by atomic mass is 16.8. The first-order valence-electron chi connectivity index (χ1n) is 27.1. The summed E-state index contributed by atoms with van der Waals surface area (Å²) < 4.78 is 60.7. The van der Waals surface area contributed by atoms with Gasteiger partial charge in [-0.05, 0) is 87.0 Å². The molecule has 8 fully saturated rings. The highest BCUT2D eigenvalue weighted by Gasteiger charge is 2.66. The number of aliphatic hydroxyl groups excluding tert-OH is 16. The van der Waals surface area contributed by atoms with Gasteiger partial charge < -0.3 is 129 Å². The molecule has 5 aliphatic heterocycles. The van der Waals surface area contributed by atoms with Crippen LogP contribution in [0.2, 0.25) is 0 Å². The number of aliphatic hydroxyl groups is 16. The number of esters is 1. The molecule has 30 atom stereocenters. The Morgan fingerprint density at radius 1 is 0.500 bits per heavy atom. The van der Waals surface area contributed by atoms with Crippen LogP contribution in [0.25, 0.3) is 0 Å². The van der Waals surface area contributed by atoms with Crippen molar-refractivity contribution in [3.63, 3.8) is 0 Å². The normalized spacial score (nSPS) is 52.9. The van der Waals surface area contributed by atoms with Crippen LogP contribution < -0.4 is 0 Å². The number of carbonyl (C=O) groups excluding carboxylic acids is 1. The fraction of sp³-hybridized carbons (Fsp3) is 0.941. The van der Waals surface area contributed by atoms with Gasteiger partial charge in [0.25, 0.3) is 0 Å². The number of ether oxygens (including phenoxy) is 10. The maximum absolute atomic E-state index is 14.9. The van der Waals surface area contributed by atoms with Crippen molar-refractivity contribution in [1.82, 2.24) is 0 Å². The van der Waals surface area contributed by atoms with E-state index < -0.39 is 208 Å². The Morgan fingerprint density at radius 2 is 0.974 bits per heavy atom. The Kier molecular flexibility index (Phi) is 19.5. The van der Waals surface area contributed by atoms with E-state index in [1.807, 2.05) is 6.92 Å². The Hall–Kier alpha value is -1.79. The maximum atomic E-state index is 14.9. The second-order valence-corrected chi connectivity index (χ2v) is 23.8. The van der Waals surface area contributed by atoms with E-state index in [-0.39, 0.29) is 31.1 Å². The number of hydrogen-bond acceptors (Lipinski definition) is 27. The van der Waals surface area contributed by atoms with Gasteiger partial charge in [-0.1, -0.05) is 26.8 Å². The third kappa shape index (κ3) is 11.3. The van der Waals surface area contributed by atoms with Crippen molar-refractivity contribution >= 4 is 5.97 Å². The number of carbonyl (C=O) groups is 1. The summed E-state index contributed by atoms with van der Waals surface area (Å²) >= 11 is 0. The first kappa shape index (κ1) is 62.3. The van der Waals surface area contributed by atoms with Crippen molar-refractivity contribution in [2.24, 2.45) is 28.1 Å². The smallest absolute Gasteiger partial charge is 0.314 e. The molecule has 0 spiro atoms. The van der Waals surface area contributed by atoms with Gasteiger partial charge in [-0.25, -0.2) is 0 Å². The molecule has 0 radical (unpaired) electrons. The quantitative estimate of drug-likeness (QED) is 0.0389. The summed E-state index contributed by atoms with van der Waals surface area (Å²) in [5.41, 5.74) is -3.07. The summed E-state index contributed by atoms with van der Waals surface area (Å²) in [7, 11) is 0. The average molecular weight is 1130 g/mol. The van der Waals surface area contributed by atoms with Crippen LogP contribution in [-0.4, -0.2) is 274 Å². The summed E-state index contributed by atoms with van der Waals surface area (Å²) in [6.07, 6.45) is -37.1. The van der Waals surface area contributed by atoms with Crippen LogP contribution in [0.3, 0.4) is 0 Å². The van der Waals surface area contributed by atoms with E-state index >= 15 is 0 Å². The molecule has 78 heavy (non-hydrogen) atoms. The van der Waals surface area contributed by atoms with E-state index in [0.717, 1.165) is 0 Å². The molecule has 0 amide bonds. The summed E-state index contributed by atoms with van der Waals surface area (Å²) in [5.74, 6) is -1.10. The van der Waals surface area contributed by atoms with Crippen LogP contribution in [0, 0.1) is 28.1 Å². The Morgan fingerprint density at radius 3 is 1.53 bits per heavy atom. The third-order valence-electron chi connectivity index (χ3n) is 18.9. The van der Waals surface area contributed by atoms with Crippen LogP contribution in [0.1, 0.15) is 85.5 Å². The lowest BCUT2D eigenvalue weighted by molar-refractivity contribution is -0.401. The Bertz CT molecular complexity index is 2020. The minimum atomic E-state index is -1.99. The molecular weight excluding hydrogens is 1040 g/mol. The zero-order valence-electron chi connectivity index (χ0n) is 44.3. The molecule has 27 heteroatoms. The molecule has 8 aliphatic rings. The van der Waals surface area contributed by atoms with Gasteiger partial charge >= 0.3 is 5.97 Å². The molecule has 5 heterocycles. The van der Waals surface area contributed by atoms with E-state index in [4.69, 9.17) is 47.4 Å². The van der Waals surface area contributed by atoms with Crippen LogP contribution in [-0.2, 0) is 52.2 Å². The predicted molar refractivity (Wildman–Crippen MR) is 257 cm³/mol. The molecule has 3 aliphatic carbocycles. The van der Waals surface area contributed by atoms with Crippen LogP contribution in [0.4, 0.5) is 0 Å². The fourth-order valence-electron chi connectivity index (χ4n) is 14.4. The summed E-state index contributed by atoms with van der Waals surface area (Å²) in [5, 5.41) is 170. The summed E-state index contributed by atoms with van der Waals surface area (Å²) in [6, 6.07) is 0. The number of hydrogen-bond donors (Lipinski definition) is 16. The van der Waals surface area contributed by atoms with Gasteiger partial charge in [-0.3, -0.25) is 4.79 Å². The molecule has 0 aromatic rings. The van der Waals surface area contributed by atoms with E-state index in [1.54, 1.807) is 6.92 Å². The first-order chi connectivity index (χ1) is 36.8. The molecule has 0 aromatic heterocycles. The van der Waals surface area contributed by atoms with Gasteiger partial charge in [0, 0.05) is 6.42 Å². The van der Waals surface area contributed by atoms with Crippen LogP contribution in [0.15, 0.2) is 12.2 Å². The van der Waals surface area contributed by atoms with Gasteiger partial charge in [0.05, 0.1) is 50.2 Å². The molecule has 3 saturated carbocycles. The van der Waals surface area contributed by atoms with Gasteiger partial charge in [0.2, 0.25) is 6.29 Å². The molecule has 8 rings (SSSR count). The standard InChI is InChI=1S/C51H84O27/c1-20(2)51(78-46-41(76-44-38(67)35(64)31(60)25(16-54)71-44)39(33(62)27(18-56)73-46)74-43-37(66)34(63)30(59)24(15-53)70-43)12-8-28-48(3,19-51)11-7-29-49(28,4)9-6-10-50(29,5)47(68)77-45-40(36(65)32(61)26(17-55)72-45)75-42-22(58)13-21(57)23(14-52)69-42/h21-46,52-67H,1,6-19H2,2-5H3/t21?,22?,23?,24?,25?,26?,27?,28-,29+,30?,31?,32?,33?,34?,35?,36?,37?,38?,39?,40?,41?,42?,43?,44?,45?,46?,48+,49+,50-,51+/m1/s1. The third-order valence-corrected chi connectivity index (χ3v) is 18.9. The van der Waals surface area contributed by atoms with E-state index in [2.05, 4.69) is 20.4 Å². The van der Waals surface area contributed by atoms with Crippen molar-refractivity contribution in [2.75, 3.05) is 33.0 Å². The second-order valence-electron chi connectivity index (χ2n) is 23.8. The van der Waals surface area contributed by atoms with Gasteiger partial charge in [-0.2, -0.15) is 0 Å². The molecule has 450 valence electrons. The van der Waals surface area contributed by atoms with Crippen molar-refractivity contribution in [2.45, 2.75) is 239 Å². The van der Waals surface area contributed by atoms with Crippen molar-refractivity contribution in [3.8, 4) is 0 Å². The Balaban J connectivity index is 1.06. The zero-order chi connectivity index (χ0) is 57.1. The topological polar surface area (TPSA) is 433 Å². The highest BCUT2D eigenvalue weighted by molar-refractivity contribution is 5.77. The number of fused-ring (bicyclic) bond motifs is 3. The molecule has 24 unspecified atom stereocenters. The second kappa shape index (κ2) is 24.4. The van der Waals surface area contributed by atoms with Gasteiger partial charge in [0.1, 0.15) is 104 Å². The molecule has 0 bridgehead atoms. The maximum Gasteiger partial charge on any atom is 0.314 e. The van der Waals surface area contributed by atoms with Crippen LogP contribution >= 0.6 is 0 Å². The lowest BCUT2D eigenvalue weighted by Gasteiger charge is -2.66. The zero-order valence-corrected chi connectivity index (χ0v) is 44.3. The first-order valence-corrected chi connectivity index (χ1v) is 27.1. The molecule has 5 saturated heterocycles.